The molecule has 0 N–H and O–H groups in total. The van der Waals surface area contributed by atoms with E-state index >= 15 is 0 Å². The van der Waals surface area contributed by atoms with Gasteiger partial charge in [0.2, 0.25) is 6.61 Å². The molecule has 0 unspecified atom stereocenters. The lowest BCUT2D eigenvalue weighted by atomic mass is 10.1. The van der Waals surface area contributed by atoms with E-state index in [1.54, 1.807) is 26.0 Å². The second kappa shape index (κ2) is 6.30. The number of rotatable bonds is 5. The van der Waals surface area contributed by atoms with E-state index in [9.17, 15) is 9.59 Å². The van der Waals surface area contributed by atoms with Crippen LogP contribution in [0.3, 0.4) is 0 Å². The molecule has 0 radical (unpaired) electrons. The summed E-state index contributed by atoms with van der Waals surface area (Å²) < 4.78 is 11.1. The Kier molecular flexibility index (Phi) is 4.47. The molecule has 6 heteroatoms. The van der Waals surface area contributed by atoms with Crippen LogP contribution >= 0.6 is 0 Å². The molecule has 0 saturated heterocycles. The molecular formula is C15H17NO5. The maximum absolute atomic E-state index is 11.9. The van der Waals surface area contributed by atoms with Crippen molar-refractivity contribution >= 4 is 22.8 Å². The van der Waals surface area contributed by atoms with Gasteiger partial charge < -0.3 is 14.3 Å². The van der Waals surface area contributed by atoms with Crippen molar-refractivity contribution in [2.75, 3.05) is 20.3 Å². The Morgan fingerprint density at radius 1 is 1.24 bits per heavy atom. The smallest absolute Gasteiger partial charge is 0.346 e. The highest BCUT2D eigenvalue weighted by Crippen LogP contribution is 2.25. The minimum Gasteiger partial charge on any atom is -0.465 e. The molecule has 2 aromatic rings. The Labute approximate surface area is 122 Å². The van der Waals surface area contributed by atoms with E-state index in [0.29, 0.717) is 28.8 Å². The number of aromatic nitrogens is 1. The maximum atomic E-state index is 11.9. The molecule has 0 saturated carbocycles. The van der Waals surface area contributed by atoms with Gasteiger partial charge >= 0.3 is 11.9 Å². The molecule has 112 valence electrons. The van der Waals surface area contributed by atoms with Crippen molar-refractivity contribution in [3.8, 4) is 0 Å². The molecule has 2 rings (SSSR count). The third-order valence-electron chi connectivity index (χ3n) is 3.06. The third-order valence-corrected chi connectivity index (χ3v) is 3.06. The molecular weight excluding hydrogens is 274 g/mol. The van der Waals surface area contributed by atoms with Crippen LogP contribution in [-0.4, -0.2) is 37.0 Å². The summed E-state index contributed by atoms with van der Waals surface area (Å²) in [5.74, 6) is -0.906. The lowest BCUT2D eigenvalue weighted by molar-refractivity contribution is -0.148. The summed E-state index contributed by atoms with van der Waals surface area (Å²) in [4.78, 5) is 28.8. The van der Waals surface area contributed by atoms with Crippen molar-refractivity contribution in [1.82, 2.24) is 4.73 Å². The van der Waals surface area contributed by atoms with Gasteiger partial charge in [-0.2, -0.15) is 4.73 Å². The monoisotopic (exact) mass is 291 g/mol. The van der Waals surface area contributed by atoms with E-state index in [-0.39, 0.29) is 6.61 Å². The van der Waals surface area contributed by atoms with Gasteiger partial charge in [0.25, 0.3) is 0 Å². The highest BCUT2D eigenvalue weighted by molar-refractivity contribution is 6.05. The third kappa shape index (κ3) is 2.84. The summed E-state index contributed by atoms with van der Waals surface area (Å²) in [7, 11) is 1.33. The quantitative estimate of drug-likeness (QED) is 0.785. The van der Waals surface area contributed by atoms with Crippen molar-refractivity contribution in [1.29, 1.82) is 0 Å². The molecule has 0 amide bonds. The predicted molar refractivity (Wildman–Crippen MR) is 76.1 cm³/mol. The molecule has 0 atom stereocenters. The van der Waals surface area contributed by atoms with Crippen LogP contribution in [0.5, 0.6) is 0 Å². The van der Waals surface area contributed by atoms with Crippen LogP contribution in [0.25, 0.3) is 10.9 Å². The first-order valence-electron chi connectivity index (χ1n) is 6.57. The molecule has 0 bridgehead atoms. The topological polar surface area (TPSA) is 66.8 Å². The van der Waals surface area contributed by atoms with E-state index in [1.165, 1.54) is 11.8 Å². The average molecular weight is 291 g/mol. The minimum absolute atomic E-state index is 0.228. The average Bonchev–Trinajstić information content (AvgIpc) is 2.76. The molecule has 0 aliphatic heterocycles. The Bertz CT molecular complexity index is 674. The number of methoxy groups -OCH3 is 1. The fourth-order valence-electron chi connectivity index (χ4n) is 2.19. The number of carbonyl (C=O) groups excluding carboxylic acids is 2. The van der Waals surface area contributed by atoms with Crippen molar-refractivity contribution in [2.45, 2.75) is 13.8 Å². The van der Waals surface area contributed by atoms with Crippen molar-refractivity contribution in [3.63, 3.8) is 0 Å². The van der Waals surface area contributed by atoms with Gasteiger partial charge in [0.1, 0.15) is 0 Å². The Morgan fingerprint density at radius 2 is 1.95 bits per heavy atom. The molecule has 0 aliphatic rings. The number of hydrogen-bond acceptors (Lipinski definition) is 5. The first kappa shape index (κ1) is 14.9. The van der Waals surface area contributed by atoms with Gasteiger partial charge in [0, 0.05) is 5.39 Å². The fourth-order valence-corrected chi connectivity index (χ4v) is 2.19. The Hall–Kier alpha value is -2.50. The fraction of sp³-hybridized carbons (Fsp3) is 0.333. The van der Waals surface area contributed by atoms with Gasteiger partial charge in [0.15, 0.2) is 0 Å². The van der Waals surface area contributed by atoms with Crippen molar-refractivity contribution in [3.05, 3.63) is 35.5 Å². The number of nitrogens with zero attached hydrogens (tertiary/aromatic N) is 1. The summed E-state index contributed by atoms with van der Waals surface area (Å²) in [5.41, 5.74) is 1.70. The normalized spacial score (nSPS) is 10.4. The van der Waals surface area contributed by atoms with Gasteiger partial charge in [-0.05, 0) is 19.9 Å². The Balaban J connectivity index is 2.41. The Morgan fingerprint density at radius 3 is 2.62 bits per heavy atom. The second-order valence-electron chi connectivity index (χ2n) is 4.34. The highest BCUT2D eigenvalue weighted by Gasteiger charge is 2.21. The lowest BCUT2D eigenvalue weighted by Crippen LogP contribution is -2.22. The zero-order chi connectivity index (χ0) is 15.4. The molecule has 1 aromatic heterocycles. The van der Waals surface area contributed by atoms with Crippen LogP contribution in [0.15, 0.2) is 24.3 Å². The van der Waals surface area contributed by atoms with Gasteiger partial charge in [-0.25, -0.2) is 9.59 Å². The van der Waals surface area contributed by atoms with Crippen LogP contribution in [0.4, 0.5) is 0 Å². The second-order valence-corrected chi connectivity index (χ2v) is 4.34. The molecule has 0 aliphatic carbocycles. The summed E-state index contributed by atoms with van der Waals surface area (Å²) in [6.07, 6.45) is 0. The summed E-state index contributed by atoms with van der Waals surface area (Å²) in [6, 6.07) is 7.26. The van der Waals surface area contributed by atoms with Crippen LogP contribution in [0, 0.1) is 6.92 Å². The first-order chi connectivity index (χ1) is 10.1. The van der Waals surface area contributed by atoms with Gasteiger partial charge in [-0.15, -0.1) is 0 Å². The number of fused-ring (bicyclic) bond motifs is 1. The molecule has 21 heavy (non-hydrogen) atoms. The van der Waals surface area contributed by atoms with Gasteiger partial charge in [0.05, 0.1) is 30.5 Å². The lowest BCUT2D eigenvalue weighted by Gasteiger charge is -2.10. The zero-order valence-electron chi connectivity index (χ0n) is 12.2. The predicted octanol–water partition coefficient (Wildman–Crippen LogP) is 1.73. The summed E-state index contributed by atoms with van der Waals surface area (Å²) in [5, 5.41) is 0.714. The molecule has 1 heterocycles. The number of ether oxygens (including phenoxy) is 2. The van der Waals surface area contributed by atoms with Crippen molar-refractivity contribution < 1.29 is 23.9 Å². The van der Waals surface area contributed by atoms with E-state index in [1.807, 2.05) is 12.1 Å². The van der Waals surface area contributed by atoms with E-state index < -0.39 is 11.9 Å². The number of benzene rings is 1. The standard InChI is InChI=1S/C15H17NO5/c1-4-20-13(17)9-21-16-10(2)14(15(18)19-3)11-7-5-6-8-12(11)16/h5-8H,4,9H2,1-3H3. The zero-order valence-corrected chi connectivity index (χ0v) is 12.2. The van der Waals surface area contributed by atoms with Gasteiger partial charge in [-0.1, -0.05) is 18.2 Å². The number of hydrogen-bond donors (Lipinski definition) is 0. The largest absolute Gasteiger partial charge is 0.465 e. The molecule has 1 aromatic carbocycles. The molecule has 0 spiro atoms. The first-order valence-corrected chi connectivity index (χ1v) is 6.57. The number of para-hydroxylation sites is 1. The SMILES string of the molecule is CCOC(=O)COn1c(C)c(C(=O)OC)c2ccccc21. The molecule has 0 fully saturated rings. The maximum Gasteiger partial charge on any atom is 0.346 e. The van der Waals surface area contributed by atoms with E-state index in [0.717, 1.165) is 0 Å². The van der Waals surface area contributed by atoms with E-state index in [2.05, 4.69) is 0 Å². The number of esters is 2. The highest BCUT2D eigenvalue weighted by atomic mass is 16.7. The summed E-state index contributed by atoms with van der Waals surface area (Å²) >= 11 is 0. The van der Waals surface area contributed by atoms with E-state index in [4.69, 9.17) is 14.3 Å². The number of carbonyl (C=O) groups is 2. The van der Waals surface area contributed by atoms with Crippen LogP contribution in [0.2, 0.25) is 0 Å². The van der Waals surface area contributed by atoms with Gasteiger partial charge in [-0.3, -0.25) is 0 Å². The van der Waals surface area contributed by atoms with Crippen LogP contribution < -0.4 is 4.84 Å². The van der Waals surface area contributed by atoms with Crippen LogP contribution in [-0.2, 0) is 14.3 Å². The summed E-state index contributed by atoms with van der Waals surface area (Å²) in [6.45, 7) is 3.52. The van der Waals surface area contributed by atoms with Crippen molar-refractivity contribution in [2.24, 2.45) is 0 Å². The molecule has 6 nitrogen and oxygen atoms in total. The van der Waals surface area contributed by atoms with Crippen LogP contribution in [0.1, 0.15) is 23.0 Å². The minimum atomic E-state index is -0.464.